The molecule has 1 unspecified atom stereocenters. The Morgan fingerprint density at radius 2 is 2.22 bits per heavy atom. The van der Waals surface area contributed by atoms with Gasteiger partial charge in [-0.3, -0.25) is 0 Å². The zero-order valence-corrected chi connectivity index (χ0v) is 7.86. The number of halogens is 1. The first kappa shape index (κ1) is 12.2. The molecule has 0 aromatic rings. The molecule has 51 valence electrons. The van der Waals surface area contributed by atoms with E-state index in [2.05, 4.69) is 0 Å². The van der Waals surface area contributed by atoms with Crippen molar-refractivity contribution >= 4 is 5.97 Å². The van der Waals surface area contributed by atoms with E-state index in [1.54, 1.807) is 0 Å². The van der Waals surface area contributed by atoms with Gasteiger partial charge in [0.2, 0.25) is 0 Å². The van der Waals surface area contributed by atoms with E-state index in [4.69, 9.17) is 10.8 Å². The van der Waals surface area contributed by atoms with Crippen molar-refractivity contribution in [3.05, 3.63) is 5.73 Å². The molecule has 0 aromatic carbocycles. The SMILES string of the molecule is CC(F)(C[NH-])C(=O)O.[Y]. The zero-order valence-electron chi connectivity index (χ0n) is 5.02. The quantitative estimate of drug-likeness (QED) is 0.732. The smallest absolute Gasteiger partial charge is 0.339 e. The standard InChI is InChI=1S/C4H7FNO2.Y/c1-4(5,2-6)3(7)8;/h6H,2H2,1H3,(H,7,8);/q-1;. The van der Waals surface area contributed by atoms with E-state index in [-0.39, 0.29) is 32.7 Å². The molecule has 3 nitrogen and oxygen atoms in total. The summed E-state index contributed by atoms with van der Waals surface area (Å²) in [4.78, 5) is 9.76. The molecule has 0 saturated carbocycles. The van der Waals surface area contributed by atoms with Crippen molar-refractivity contribution in [2.45, 2.75) is 12.6 Å². The molecule has 5 heteroatoms. The van der Waals surface area contributed by atoms with Crippen molar-refractivity contribution in [2.75, 3.05) is 6.54 Å². The number of carbonyl (C=O) groups is 1. The van der Waals surface area contributed by atoms with Gasteiger partial charge in [0.25, 0.3) is 0 Å². The maximum atomic E-state index is 12.2. The van der Waals surface area contributed by atoms with E-state index < -0.39 is 18.2 Å². The van der Waals surface area contributed by atoms with Gasteiger partial charge in [0.1, 0.15) is 0 Å². The minimum absolute atomic E-state index is 0. The minimum Gasteiger partial charge on any atom is -0.674 e. The first-order chi connectivity index (χ1) is 3.50. The van der Waals surface area contributed by atoms with Crippen LogP contribution in [0.1, 0.15) is 6.92 Å². The summed E-state index contributed by atoms with van der Waals surface area (Å²) in [5.41, 5.74) is 4.01. The molecule has 0 aliphatic rings. The third-order valence-corrected chi connectivity index (χ3v) is 0.778. The predicted octanol–water partition coefficient (Wildman–Crippen LogP) is 0.849. The first-order valence-corrected chi connectivity index (χ1v) is 2.07. The molecule has 0 heterocycles. The third kappa shape index (κ3) is 3.95. The van der Waals surface area contributed by atoms with E-state index in [0.717, 1.165) is 6.92 Å². The number of carboxylic acids is 1. The first-order valence-electron chi connectivity index (χ1n) is 2.07. The molecule has 9 heavy (non-hydrogen) atoms. The second kappa shape index (κ2) is 4.31. The second-order valence-electron chi connectivity index (χ2n) is 1.68. The molecule has 0 fully saturated rings. The summed E-state index contributed by atoms with van der Waals surface area (Å²) in [6.45, 7) is 0.130. The van der Waals surface area contributed by atoms with Gasteiger partial charge < -0.3 is 10.8 Å². The second-order valence-corrected chi connectivity index (χ2v) is 1.68. The number of aliphatic carboxylic acids is 1. The predicted molar refractivity (Wildman–Crippen MR) is 26.3 cm³/mol. The molecular weight excluding hydrogens is 202 g/mol. The van der Waals surface area contributed by atoms with Gasteiger partial charge in [-0.15, -0.1) is 6.54 Å². The van der Waals surface area contributed by atoms with Crippen molar-refractivity contribution in [3.8, 4) is 0 Å². The van der Waals surface area contributed by atoms with Crippen molar-refractivity contribution in [1.29, 1.82) is 0 Å². The van der Waals surface area contributed by atoms with Gasteiger partial charge in [-0.25, -0.2) is 9.18 Å². The maximum Gasteiger partial charge on any atom is 0.339 e. The van der Waals surface area contributed by atoms with Gasteiger partial charge in [0.05, 0.1) is 0 Å². The normalized spacial score (nSPS) is 15.4. The van der Waals surface area contributed by atoms with Crippen LogP contribution in [0, 0.1) is 0 Å². The van der Waals surface area contributed by atoms with Crippen LogP contribution in [0.4, 0.5) is 4.39 Å². The Morgan fingerprint density at radius 1 is 1.89 bits per heavy atom. The van der Waals surface area contributed by atoms with Crippen LogP contribution in [0.15, 0.2) is 0 Å². The number of alkyl halides is 1. The number of nitrogens with one attached hydrogen (secondary N) is 1. The Hall–Kier alpha value is 0.464. The van der Waals surface area contributed by atoms with Gasteiger partial charge in [-0.1, -0.05) is 0 Å². The van der Waals surface area contributed by atoms with E-state index in [1.165, 1.54) is 0 Å². The fourth-order valence-corrected chi connectivity index (χ4v) is 0.0756. The molecule has 0 bridgehead atoms. The van der Waals surface area contributed by atoms with Crippen LogP contribution in [-0.4, -0.2) is 23.3 Å². The summed E-state index contributed by atoms with van der Waals surface area (Å²) >= 11 is 0. The fraction of sp³-hybridized carbons (Fsp3) is 0.750. The third-order valence-electron chi connectivity index (χ3n) is 0.778. The van der Waals surface area contributed by atoms with Gasteiger partial charge in [0.15, 0.2) is 5.67 Å². The van der Waals surface area contributed by atoms with Crippen LogP contribution in [0.25, 0.3) is 5.73 Å². The van der Waals surface area contributed by atoms with Crippen LogP contribution < -0.4 is 0 Å². The number of rotatable bonds is 2. The summed E-state index contributed by atoms with van der Waals surface area (Å²) in [6, 6.07) is 0. The number of hydrogen-bond donors (Lipinski definition) is 1. The maximum absolute atomic E-state index is 12.2. The van der Waals surface area contributed by atoms with Gasteiger partial charge in [-0.2, -0.15) is 0 Å². The molecule has 1 atom stereocenters. The van der Waals surface area contributed by atoms with Crippen molar-refractivity contribution in [3.63, 3.8) is 0 Å². The number of carboxylic acid groups (broad SMARTS) is 1. The van der Waals surface area contributed by atoms with Crippen LogP contribution in [0.3, 0.4) is 0 Å². The van der Waals surface area contributed by atoms with Gasteiger partial charge in [-0.05, 0) is 6.92 Å². The molecule has 0 aliphatic carbocycles. The molecule has 0 aromatic heterocycles. The summed E-state index contributed by atoms with van der Waals surface area (Å²) in [7, 11) is 0. The minimum atomic E-state index is -2.37. The van der Waals surface area contributed by atoms with Crippen LogP contribution in [-0.2, 0) is 37.5 Å². The Bertz CT molecular complexity index is 107. The summed E-state index contributed by atoms with van der Waals surface area (Å²) in [5.74, 6) is -1.58. The fourth-order valence-electron chi connectivity index (χ4n) is 0.0756. The molecule has 0 aliphatic heterocycles. The Morgan fingerprint density at radius 3 is 2.22 bits per heavy atom. The summed E-state index contributed by atoms with van der Waals surface area (Å²) in [6.07, 6.45) is 0. The monoisotopic (exact) mass is 209 g/mol. The molecule has 0 amide bonds. The topological polar surface area (TPSA) is 61.1 Å². The summed E-state index contributed by atoms with van der Waals surface area (Å²) < 4.78 is 12.2. The molecular formula is C4H7FNO2Y-. The van der Waals surface area contributed by atoms with Crippen LogP contribution >= 0.6 is 0 Å². The molecule has 0 rings (SSSR count). The average Bonchev–Trinajstić information content (AvgIpc) is 1.67. The Labute approximate surface area is 77.7 Å². The largest absolute Gasteiger partial charge is 0.674 e. The van der Waals surface area contributed by atoms with Gasteiger partial charge >= 0.3 is 5.97 Å². The van der Waals surface area contributed by atoms with E-state index in [1.807, 2.05) is 0 Å². The van der Waals surface area contributed by atoms with Crippen LogP contribution in [0.5, 0.6) is 0 Å². The Kier molecular flexibility index (Phi) is 5.82. The number of hydrogen-bond acceptors (Lipinski definition) is 1. The van der Waals surface area contributed by atoms with Crippen molar-refractivity contribution < 1.29 is 47.0 Å². The van der Waals surface area contributed by atoms with E-state index >= 15 is 0 Å². The van der Waals surface area contributed by atoms with Crippen LogP contribution in [0.2, 0.25) is 0 Å². The van der Waals surface area contributed by atoms with Gasteiger partial charge in [0, 0.05) is 32.7 Å². The molecule has 0 saturated heterocycles. The summed E-state index contributed by atoms with van der Waals surface area (Å²) in [5, 5.41) is 7.95. The average molecular weight is 209 g/mol. The molecule has 1 radical (unpaired) electrons. The zero-order chi connectivity index (χ0) is 6.78. The van der Waals surface area contributed by atoms with E-state index in [9.17, 15) is 9.18 Å². The molecule has 0 spiro atoms. The Balaban J connectivity index is 0. The van der Waals surface area contributed by atoms with Crippen molar-refractivity contribution in [2.24, 2.45) is 0 Å². The molecule has 2 N–H and O–H groups in total. The van der Waals surface area contributed by atoms with E-state index in [0.29, 0.717) is 0 Å². The van der Waals surface area contributed by atoms with Crippen molar-refractivity contribution in [1.82, 2.24) is 0 Å².